The van der Waals surface area contributed by atoms with Gasteiger partial charge in [-0.25, -0.2) is 4.79 Å². The summed E-state index contributed by atoms with van der Waals surface area (Å²) in [5.41, 5.74) is -0.353. The van der Waals surface area contributed by atoms with E-state index >= 15 is 0 Å². The maximum Gasteiger partial charge on any atom is 0.331 e. The van der Waals surface area contributed by atoms with Gasteiger partial charge in [-0.15, -0.1) is 0 Å². The fraction of sp³-hybridized carbons (Fsp3) is 0.727. The van der Waals surface area contributed by atoms with Gasteiger partial charge < -0.3 is 14.6 Å². The molecule has 0 amide bonds. The van der Waals surface area contributed by atoms with Crippen LogP contribution in [0, 0.1) is 0 Å². The maximum absolute atomic E-state index is 10.7. The summed E-state index contributed by atoms with van der Waals surface area (Å²) in [5, 5.41) is 8.78. The lowest BCUT2D eigenvalue weighted by molar-refractivity contribution is -0.164. The maximum atomic E-state index is 10.7. The minimum Gasteiger partial charge on any atom is -0.478 e. The molecule has 15 heavy (non-hydrogen) atoms. The fourth-order valence-corrected chi connectivity index (χ4v) is 1.61. The van der Waals surface area contributed by atoms with Gasteiger partial charge in [0.1, 0.15) is 5.60 Å². The van der Waals surface area contributed by atoms with Gasteiger partial charge in [0.25, 0.3) is 0 Å². The van der Waals surface area contributed by atoms with Gasteiger partial charge in [-0.05, 0) is 33.3 Å². The first-order valence-electron chi connectivity index (χ1n) is 5.07. The highest BCUT2D eigenvalue weighted by atomic mass is 16.8. The molecule has 1 fully saturated rings. The lowest BCUT2D eigenvalue weighted by atomic mass is 10.0. The van der Waals surface area contributed by atoms with E-state index in [1.54, 1.807) is 13.0 Å². The number of hydrogen-bond donors (Lipinski definition) is 1. The van der Waals surface area contributed by atoms with E-state index in [0.29, 0.717) is 6.61 Å². The lowest BCUT2D eigenvalue weighted by Gasteiger charge is -2.24. The summed E-state index contributed by atoms with van der Waals surface area (Å²) in [7, 11) is 0. The first-order chi connectivity index (χ1) is 6.80. The molecule has 0 radical (unpaired) electrons. The van der Waals surface area contributed by atoms with Crippen LogP contribution in [-0.2, 0) is 14.3 Å². The van der Waals surface area contributed by atoms with Crippen LogP contribution >= 0.6 is 0 Å². The molecule has 86 valence electrons. The van der Waals surface area contributed by atoms with Crippen molar-refractivity contribution < 1.29 is 19.4 Å². The van der Waals surface area contributed by atoms with Crippen LogP contribution in [0.1, 0.15) is 34.1 Å². The minimum absolute atomic E-state index is 0.279. The van der Waals surface area contributed by atoms with Crippen LogP contribution in [0.5, 0.6) is 0 Å². The Morgan fingerprint density at radius 2 is 2.13 bits per heavy atom. The van der Waals surface area contributed by atoms with Gasteiger partial charge in [-0.1, -0.05) is 6.92 Å². The smallest absolute Gasteiger partial charge is 0.331 e. The lowest BCUT2D eigenvalue weighted by Crippen LogP contribution is -2.31. The van der Waals surface area contributed by atoms with Crippen LogP contribution in [0.4, 0.5) is 0 Å². The average molecular weight is 214 g/mol. The van der Waals surface area contributed by atoms with E-state index in [2.05, 4.69) is 0 Å². The third-order valence-corrected chi connectivity index (χ3v) is 2.61. The van der Waals surface area contributed by atoms with Crippen molar-refractivity contribution in [3.63, 3.8) is 0 Å². The Morgan fingerprint density at radius 1 is 1.53 bits per heavy atom. The van der Waals surface area contributed by atoms with Crippen molar-refractivity contribution in [1.82, 2.24) is 0 Å². The Balaban J connectivity index is 2.80. The van der Waals surface area contributed by atoms with Crippen molar-refractivity contribution in [3.8, 4) is 0 Å². The van der Waals surface area contributed by atoms with Crippen molar-refractivity contribution in [3.05, 3.63) is 11.6 Å². The quantitative estimate of drug-likeness (QED) is 0.729. The van der Waals surface area contributed by atoms with Crippen molar-refractivity contribution in [2.24, 2.45) is 0 Å². The van der Waals surface area contributed by atoms with Crippen LogP contribution in [0.2, 0.25) is 0 Å². The normalized spacial score (nSPS) is 36.9. The standard InChI is InChI=1S/C11H18O4/c1-5-11(4)14-7-10(3,15-11)6-8(2)9(12)13/h6H,5,7H2,1-4H3,(H,12,13). The Morgan fingerprint density at radius 3 is 2.53 bits per heavy atom. The third kappa shape index (κ3) is 2.79. The van der Waals surface area contributed by atoms with Crippen LogP contribution in [0.25, 0.3) is 0 Å². The van der Waals surface area contributed by atoms with Crippen molar-refractivity contribution in [2.45, 2.75) is 45.5 Å². The molecule has 0 saturated carbocycles. The number of carboxylic acids is 1. The van der Waals surface area contributed by atoms with E-state index in [-0.39, 0.29) is 5.57 Å². The van der Waals surface area contributed by atoms with Crippen LogP contribution in [-0.4, -0.2) is 29.1 Å². The summed E-state index contributed by atoms with van der Waals surface area (Å²) >= 11 is 0. The first kappa shape index (κ1) is 12.2. The van der Waals surface area contributed by atoms with Gasteiger partial charge in [0.15, 0.2) is 5.79 Å². The molecule has 1 aliphatic heterocycles. The van der Waals surface area contributed by atoms with Crippen LogP contribution < -0.4 is 0 Å². The molecule has 0 aromatic heterocycles. The number of aliphatic carboxylic acids is 1. The summed E-state index contributed by atoms with van der Waals surface area (Å²) < 4.78 is 11.3. The highest BCUT2D eigenvalue weighted by Gasteiger charge is 2.42. The SMILES string of the molecule is CCC1(C)OCC(C)(C=C(C)C(=O)O)O1. The number of ether oxygens (including phenoxy) is 2. The second-order valence-electron chi connectivity index (χ2n) is 4.32. The van der Waals surface area contributed by atoms with Gasteiger partial charge in [0, 0.05) is 5.57 Å². The summed E-state index contributed by atoms with van der Waals surface area (Å²) in [4.78, 5) is 10.7. The van der Waals surface area contributed by atoms with Gasteiger partial charge >= 0.3 is 5.97 Å². The summed E-state index contributed by atoms with van der Waals surface area (Å²) in [5.74, 6) is -1.52. The molecular formula is C11H18O4. The zero-order valence-electron chi connectivity index (χ0n) is 9.66. The number of carboxylic acid groups (broad SMARTS) is 1. The average Bonchev–Trinajstić information content (AvgIpc) is 2.43. The predicted octanol–water partition coefficient (Wildman–Crippen LogP) is 1.95. The molecule has 0 aromatic rings. The largest absolute Gasteiger partial charge is 0.478 e. The fourth-order valence-electron chi connectivity index (χ4n) is 1.61. The van der Waals surface area contributed by atoms with E-state index < -0.39 is 17.4 Å². The van der Waals surface area contributed by atoms with E-state index in [0.717, 1.165) is 6.42 Å². The van der Waals surface area contributed by atoms with Crippen LogP contribution in [0.15, 0.2) is 11.6 Å². The second-order valence-corrected chi connectivity index (χ2v) is 4.32. The third-order valence-electron chi connectivity index (χ3n) is 2.61. The highest BCUT2D eigenvalue weighted by Crippen LogP contribution is 2.34. The Kier molecular flexibility index (Phi) is 3.21. The first-order valence-corrected chi connectivity index (χ1v) is 5.07. The van der Waals surface area contributed by atoms with Crippen molar-refractivity contribution >= 4 is 5.97 Å². The van der Waals surface area contributed by atoms with Crippen molar-refractivity contribution in [2.75, 3.05) is 6.61 Å². The zero-order chi connectivity index (χ0) is 11.7. The Bertz CT molecular complexity index is 297. The summed E-state index contributed by atoms with van der Waals surface area (Å²) in [6.07, 6.45) is 2.35. The monoisotopic (exact) mass is 214 g/mol. The molecule has 4 heteroatoms. The summed E-state index contributed by atoms with van der Waals surface area (Å²) in [6.45, 7) is 7.61. The molecule has 0 spiro atoms. The topological polar surface area (TPSA) is 55.8 Å². The molecule has 0 aromatic carbocycles. The van der Waals surface area contributed by atoms with Gasteiger partial charge in [-0.2, -0.15) is 0 Å². The predicted molar refractivity (Wildman–Crippen MR) is 55.5 cm³/mol. The van der Waals surface area contributed by atoms with E-state index in [1.807, 2.05) is 20.8 Å². The molecule has 1 heterocycles. The minimum atomic E-state index is -0.926. The molecule has 0 aliphatic carbocycles. The molecule has 1 rings (SSSR count). The highest BCUT2D eigenvalue weighted by molar-refractivity contribution is 5.86. The van der Waals surface area contributed by atoms with Gasteiger partial charge in [-0.3, -0.25) is 0 Å². The number of hydrogen-bond acceptors (Lipinski definition) is 3. The van der Waals surface area contributed by atoms with E-state index in [4.69, 9.17) is 14.6 Å². The molecule has 4 nitrogen and oxygen atoms in total. The zero-order valence-corrected chi connectivity index (χ0v) is 9.66. The summed E-state index contributed by atoms with van der Waals surface area (Å²) in [6, 6.07) is 0. The molecule has 2 unspecified atom stereocenters. The molecule has 1 aliphatic rings. The van der Waals surface area contributed by atoms with Gasteiger partial charge in [0.05, 0.1) is 6.61 Å². The number of rotatable bonds is 3. The van der Waals surface area contributed by atoms with E-state index in [9.17, 15) is 4.79 Å². The van der Waals surface area contributed by atoms with Crippen LogP contribution in [0.3, 0.4) is 0 Å². The molecule has 0 bridgehead atoms. The van der Waals surface area contributed by atoms with E-state index in [1.165, 1.54) is 0 Å². The molecule has 2 atom stereocenters. The molecular weight excluding hydrogens is 196 g/mol. The van der Waals surface area contributed by atoms with Crippen molar-refractivity contribution in [1.29, 1.82) is 0 Å². The molecule has 1 N–H and O–H groups in total. The Hall–Kier alpha value is -0.870. The second kappa shape index (κ2) is 3.94. The number of carbonyl (C=O) groups is 1. The Labute approximate surface area is 89.9 Å². The van der Waals surface area contributed by atoms with Gasteiger partial charge in [0.2, 0.25) is 0 Å². The molecule has 1 saturated heterocycles.